The van der Waals surface area contributed by atoms with Crippen molar-refractivity contribution in [3.05, 3.63) is 18.5 Å². The Kier molecular flexibility index (Phi) is 2.16. The maximum atomic E-state index is 11.6. The quantitative estimate of drug-likeness (QED) is 0.652. The van der Waals surface area contributed by atoms with Crippen molar-refractivity contribution < 1.29 is 18.0 Å². The van der Waals surface area contributed by atoms with Crippen LogP contribution in [0, 0.1) is 0 Å². The smallest absolute Gasteiger partial charge is 0.272 e. The lowest BCUT2D eigenvalue weighted by atomic mass is 10.4. The second kappa shape index (κ2) is 2.96. The summed E-state index contributed by atoms with van der Waals surface area (Å²) in [4.78, 5) is 10.7. The molecule has 0 N–H and O–H groups in total. The highest BCUT2D eigenvalue weighted by Crippen LogP contribution is 2.19. The lowest BCUT2D eigenvalue weighted by Gasteiger charge is -2.03. The Morgan fingerprint density at radius 3 is 2.58 bits per heavy atom. The molecule has 0 aliphatic carbocycles. The van der Waals surface area contributed by atoms with Crippen LogP contribution in [-0.4, -0.2) is 21.9 Å². The van der Waals surface area contributed by atoms with Gasteiger partial charge in [-0.3, -0.25) is 4.79 Å². The zero-order valence-corrected chi connectivity index (χ0v) is 5.88. The van der Waals surface area contributed by atoms with Crippen molar-refractivity contribution in [2.24, 2.45) is 0 Å². The SMILES string of the molecule is O=C(CC(F)(F)F)n1cccn1. The molecule has 0 spiro atoms. The second-order valence-electron chi connectivity index (χ2n) is 2.14. The number of nitrogens with zero attached hydrogens (tertiary/aromatic N) is 2. The minimum atomic E-state index is -4.47. The van der Waals surface area contributed by atoms with Crippen LogP contribution in [-0.2, 0) is 0 Å². The summed E-state index contributed by atoms with van der Waals surface area (Å²) in [6.07, 6.45) is -3.53. The molecule has 12 heavy (non-hydrogen) atoms. The maximum absolute atomic E-state index is 11.6. The maximum Gasteiger partial charge on any atom is 0.397 e. The van der Waals surface area contributed by atoms with E-state index in [-0.39, 0.29) is 0 Å². The number of hydrogen-bond donors (Lipinski definition) is 0. The van der Waals surface area contributed by atoms with Crippen molar-refractivity contribution in [3.8, 4) is 0 Å². The van der Waals surface area contributed by atoms with Gasteiger partial charge in [0.25, 0.3) is 5.91 Å². The Bertz CT molecular complexity index is 265. The van der Waals surface area contributed by atoms with Gasteiger partial charge in [0.2, 0.25) is 0 Å². The van der Waals surface area contributed by atoms with Crippen molar-refractivity contribution in [2.75, 3.05) is 0 Å². The number of rotatable bonds is 1. The standard InChI is InChI=1S/C6H5F3N2O/c7-6(8,9)4-5(12)11-3-1-2-10-11/h1-3H,4H2. The van der Waals surface area contributed by atoms with E-state index in [4.69, 9.17) is 0 Å². The molecule has 1 rings (SSSR count). The molecule has 0 aliphatic rings. The van der Waals surface area contributed by atoms with Crippen LogP contribution in [0.3, 0.4) is 0 Å². The van der Waals surface area contributed by atoms with Crippen molar-refractivity contribution in [2.45, 2.75) is 12.6 Å². The molecule has 1 heterocycles. The van der Waals surface area contributed by atoms with Crippen molar-refractivity contribution in [3.63, 3.8) is 0 Å². The van der Waals surface area contributed by atoms with Gasteiger partial charge in [0.1, 0.15) is 6.42 Å². The summed E-state index contributed by atoms with van der Waals surface area (Å²) < 4.78 is 35.6. The number of alkyl halides is 3. The molecule has 0 saturated carbocycles. The van der Waals surface area contributed by atoms with E-state index >= 15 is 0 Å². The minimum absolute atomic E-state index is 0.660. The van der Waals surface area contributed by atoms with Gasteiger partial charge in [0, 0.05) is 12.4 Å². The summed E-state index contributed by atoms with van der Waals surface area (Å²) >= 11 is 0. The Morgan fingerprint density at radius 2 is 2.17 bits per heavy atom. The Hall–Kier alpha value is -1.33. The molecular weight excluding hydrogens is 173 g/mol. The lowest BCUT2D eigenvalue weighted by molar-refractivity contribution is -0.126. The molecule has 0 aromatic carbocycles. The van der Waals surface area contributed by atoms with Gasteiger partial charge in [-0.05, 0) is 6.07 Å². The highest BCUT2D eigenvalue weighted by atomic mass is 19.4. The van der Waals surface area contributed by atoms with E-state index in [1.165, 1.54) is 18.5 Å². The Labute approximate surface area is 65.8 Å². The normalized spacial score (nSPS) is 11.6. The molecule has 0 fully saturated rings. The van der Waals surface area contributed by atoms with Gasteiger partial charge >= 0.3 is 6.18 Å². The van der Waals surface area contributed by atoms with Crippen LogP contribution in [0.4, 0.5) is 13.2 Å². The van der Waals surface area contributed by atoms with Crippen LogP contribution in [0.15, 0.2) is 18.5 Å². The van der Waals surface area contributed by atoms with E-state index in [2.05, 4.69) is 5.10 Å². The van der Waals surface area contributed by atoms with Crippen LogP contribution < -0.4 is 0 Å². The first kappa shape index (κ1) is 8.76. The third kappa shape index (κ3) is 2.37. The van der Waals surface area contributed by atoms with Crippen LogP contribution in [0.1, 0.15) is 11.2 Å². The molecular formula is C6H5F3N2O. The summed E-state index contributed by atoms with van der Waals surface area (Å²) in [7, 11) is 0. The molecule has 0 amide bonds. The molecule has 3 nitrogen and oxygen atoms in total. The average Bonchev–Trinajstić information content (AvgIpc) is 2.32. The first-order valence-corrected chi connectivity index (χ1v) is 3.08. The predicted octanol–water partition coefficient (Wildman–Crippen LogP) is 1.48. The molecule has 6 heteroatoms. The molecule has 1 aromatic rings. The van der Waals surface area contributed by atoms with Gasteiger partial charge < -0.3 is 0 Å². The number of aromatic nitrogens is 2. The number of hydrogen-bond acceptors (Lipinski definition) is 2. The van der Waals surface area contributed by atoms with Crippen LogP contribution >= 0.6 is 0 Å². The molecule has 0 radical (unpaired) electrons. The molecule has 0 unspecified atom stereocenters. The van der Waals surface area contributed by atoms with E-state index in [0.717, 1.165) is 0 Å². The summed E-state index contributed by atoms with van der Waals surface area (Å²) in [5.41, 5.74) is 0. The van der Waals surface area contributed by atoms with Crippen molar-refractivity contribution in [1.29, 1.82) is 0 Å². The zero-order chi connectivity index (χ0) is 9.19. The summed E-state index contributed by atoms with van der Waals surface area (Å²) in [6, 6.07) is 1.38. The van der Waals surface area contributed by atoms with Crippen LogP contribution in [0.5, 0.6) is 0 Å². The average molecular weight is 178 g/mol. The number of halogens is 3. The van der Waals surface area contributed by atoms with Gasteiger partial charge in [0.05, 0.1) is 0 Å². The van der Waals surface area contributed by atoms with Gasteiger partial charge in [-0.15, -0.1) is 0 Å². The summed E-state index contributed by atoms with van der Waals surface area (Å²) in [6.45, 7) is 0. The Morgan fingerprint density at radius 1 is 1.50 bits per heavy atom. The van der Waals surface area contributed by atoms with E-state index in [1.807, 2.05) is 0 Å². The number of carbonyl (C=O) groups is 1. The van der Waals surface area contributed by atoms with Gasteiger partial charge in [-0.25, -0.2) is 4.68 Å². The molecule has 66 valence electrons. The van der Waals surface area contributed by atoms with Crippen molar-refractivity contribution in [1.82, 2.24) is 9.78 Å². The van der Waals surface area contributed by atoms with E-state index in [1.54, 1.807) is 0 Å². The molecule has 0 saturated heterocycles. The van der Waals surface area contributed by atoms with E-state index in [9.17, 15) is 18.0 Å². The molecule has 0 atom stereocenters. The van der Waals surface area contributed by atoms with Crippen molar-refractivity contribution >= 4 is 5.91 Å². The zero-order valence-electron chi connectivity index (χ0n) is 5.88. The third-order valence-electron chi connectivity index (χ3n) is 1.11. The predicted molar refractivity (Wildman–Crippen MR) is 33.5 cm³/mol. The monoisotopic (exact) mass is 178 g/mol. The van der Waals surface area contributed by atoms with Gasteiger partial charge in [-0.2, -0.15) is 18.3 Å². The fourth-order valence-corrected chi connectivity index (χ4v) is 0.669. The van der Waals surface area contributed by atoms with Crippen LogP contribution in [0.2, 0.25) is 0 Å². The van der Waals surface area contributed by atoms with Crippen LogP contribution in [0.25, 0.3) is 0 Å². The first-order chi connectivity index (χ1) is 5.49. The number of carbonyl (C=O) groups excluding carboxylic acids is 1. The first-order valence-electron chi connectivity index (χ1n) is 3.08. The van der Waals surface area contributed by atoms with E-state index in [0.29, 0.717) is 4.68 Å². The van der Waals surface area contributed by atoms with Gasteiger partial charge in [-0.1, -0.05) is 0 Å². The molecule has 1 aromatic heterocycles. The summed E-state index contributed by atoms with van der Waals surface area (Å²) in [5, 5.41) is 3.37. The minimum Gasteiger partial charge on any atom is -0.272 e. The highest BCUT2D eigenvalue weighted by molar-refractivity contribution is 5.78. The lowest BCUT2D eigenvalue weighted by Crippen LogP contribution is -2.20. The van der Waals surface area contributed by atoms with Gasteiger partial charge in [0.15, 0.2) is 0 Å². The molecule has 0 aliphatic heterocycles. The summed E-state index contributed by atoms with van der Waals surface area (Å²) in [5.74, 6) is -1.08. The topological polar surface area (TPSA) is 34.9 Å². The fraction of sp³-hybridized carbons (Fsp3) is 0.333. The molecule has 0 bridgehead atoms. The fourth-order valence-electron chi connectivity index (χ4n) is 0.669. The largest absolute Gasteiger partial charge is 0.397 e. The second-order valence-corrected chi connectivity index (χ2v) is 2.14. The van der Waals surface area contributed by atoms with E-state index < -0.39 is 18.5 Å². The third-order valence-corrected chi connectivity index (χ3v) is 1.11. The highest BCUT2D eigenvalue weighted by Gasteiger charge is 2.31. The Balaban J connectivity index is 2.63.